The summed E-state index contributed by atoms with van der Waals surface area (Å²) < 4.78 is 43.6. The number of nitrogens with zero attached hydrogens (tertiary/aromatic N) is 2. The van der Waals surface area contributed by atoms with Crippen LogP contribution in [0.2, 0.25) is 5.02 Å². The van der Waals surface area contributed by atoms with Crippen molar-refractivity contribution in [1.29, 1.82) is 0 Å². The molecule has 182 valence electrons. The fourth-order valence-corrected chi connectivity index (χ4v) is 3.88. The van der Waals surface area contributed by atoms with Crippen LogP contribution >= 0.6 is 11.6 Å². The molecule has 2 aromatic carbocycles. The zero-order valence-corrected chi connectivity index (χ0v) is 19.2. The molecule has 3 rings (SSSR count). The van der Waals surface area contributed by atoms with E-state index in [4.69, 9.17) is 16.3 Å². The highest BCUT2D eigenvalue weighted by Crippen LogP contribution is 2.35. The fraction of sp³-hybridized carbons (Fsp3) is 0.348. The van der Waals surface area contributed by atoms with Gasteiger partial charge in [0.1, 0.15) is 5.75 Å². The first-order valence-corrected chi connectivity index (χ1v) is 10.8. The molecule has 1 saturated heterocycles. The largest absolute Gasteiger partial charge is 0.495 e. The van der Waals surface area contributed by atoms with Crippen molar-refractivity contribution in [3.8, 4) is 5.75 Å². The van der Waals surface area contributed by atoms with Crippen molar-refractivity contribution in [2.45, 2.75) is 26.1 Å². The molecule has 1 aliphatic rings. The van der Waals surface area contributed by atoms with E-state index in [1.54, 1.807) is 36.4 Å². The van der Waals surface area contributed by atoms with Crippen LogP contribution in [0.5, 0.6) is 5.75 Å². The predicted molar refractivity (Wildman–Crippen MR) is 121 cm³/mol. The average molecular weight is 498 g/mol. The van der Waals surface area contributed by atoms with Gasteiger partial charge in [0.2, 0.25) is 11.8 Å². The van der Waals surface area contributed by atoms with E-state index in [9.17, 15) is 27.6 Å². The van der Waals surface area contributed by atoms with Gasteiger partial charge in [-0.05, 0) is 42.8 Å². The maximum Gasteiger partial charge on any atom is 0.471 e. The summed E-state index contributed by atoms with van der Waals surface area (Å²) in [6, 6.07) is 11.1. The van der Waals surface area contributed by atoms with E-state index in [2.05, 4.69) is 5.32 Å². The van der Waals surface area contributed by atoms with Crippen LogP contribution in [0.4, 0.5) is 24.5 Å². The number of nitrogens with one attached hydrogen (secondary N) is 1. The first-order chi connectivity index (χ1) is 16.0. The van der Waals surface area contributed by atoms with Crippen LogP contribution < -0.4 is 15.0 Å². The minimum absolute atomic E-state index is 0.0229. The van der Waals surface area contributed by atoms with Gasteiger partial charge in [-0.25, -0.2) is 0 Å². The van der Waals surface area contributed by atoms with Gasteiger partial charge in [-0.15, -0.1) is 0 Å². The monoisotopic (exact) mass is 497 g/mol. The second kappa shape index (κ2) is 10.3. The summed E-state index contributed by atoms with van der Waals surface area (Å²) in [7, 11) is 1.46. The van der Waals surface area contributed by atoms with E-state index in [-0.39, 0.29) is 32.0 Å². The summed E-state index contributed by atoms with van der Waals surface area (Å²) in [5, 5.41) is 3.12. The van der Waals surface area contributed by atoms with Crippen molar-refractivity contribution in [3.05, 3.63) is 53.1 Å². The van der Waals surface area contributed by atoms with Crippen molar-refractivity contribution < 1.29 is 32.3 Å². The first-order valence-electron chi connectivity index (χ1n) is 10.4. The molecule has 3 amide bonds. The van der Waals surface area contributed by atoms with Crippen LogP contribution in [-0.2, 0) is 20.9 Å². The van der Waals surface area contributed by atoms with Crippen LogP contribution in [-0.4, -0.2) is 49.0 Å². The molecule has 1 N–H and O–H groups in total. The number of benzene rings is 2. The number of hydrogen-bond acceptors (Lipinski definition) is 4. The van der Waals surface area contributed by atoms with Crippen molar-refractivity contribution in [3.63, 3.8) is 0 Å². The van der Waals surface area contributed by atoms with Gasteiger partial charge in [-0.2, -0.15) is 13.2 Å². The van der Waals surface area contributed by atoms with Gasteiger partial charge in [0.25, 0.3) is 0 Å². The minimum Gasteiger partial charge on any atom is -0.495 e. The number of halogens is 4. The average Bonchev–Trinajstić information content (AvgIpc) is 3.18. The number of anilines is 2. The Morgan fingerprint density at radius 3 is 2.62 bits per heavy atom. The molecule has 34 heavy (non-hydrogen) atoms. The van der Waals surface area contributed by atoms with E-state index in [1.807, 2.05) is 0 Å². The number of hydrogen-bond donors (Lipinski definition) is 1. The Morgan fingerprint density at radius 1 is 1.24 bits per heavy atom. The number of rotatable bonds is 7. The lowest BCUT2D eigenvalue weighted by Crippen LogP contribution is -2.40. The van der Waals surface area contributed by atoms with E-state index < -0.39 is 23.9 Å². The highest BCUT2D eigenvalue weighted by Gasteiger charge is 2.42. The third-order valence-electron chi connectivity index (χ3n) is 5.41. The second-order valence-corrected chi connectivity index (χ2v) is 8.16. The van der Waals surface area contributed by atoms with E-state index in [1.165, 1.54) is 25.0 Å². The highest BCUT2D eigenvalue weighted by molar-refractivity contribution is 6.31. The quantitative estimate of drug-likeness (QED) is 0.620. The Kier molecular flexibility index (Phi) is 7.71. The number of amides is 3. The SMILES string of the molecule is CCN(Cc1cccc(NC(=O)C2CC(=O)N(c3cc(Cl)ccc3OC)C2)c1)C(=O)C(F)(F)F. The number of methoxy groups -OCH3 is 1. The highest BCUT2D eigenvalue weighted by atomic mass is 35.5. The minimum atomic E-state index is -4.96. The molecule has 0 aromatic heterocycles. The summed E-state index contributed by atoms with van der Waals surface area (Å²) in [6.07, 6.45) is -4.99. The van der Waals surface area contributed by atoms with Gasteiger partial charge >= 0.3 is 12.1 Å². The Labute approximate surface area is 199 Å². The molecule has 11 heteroatoms. The van der Waals surface area contributed by atoms with Crippen molar-refractivity contribution >= 4 is 40.7 Å². The lowest BCUT2D eigenvalue weighted by molar-refractivity contribution is -0.185. The van der Waals surface area contributed by atoms with Gasteiger partial charge in [-0.3, -0.25) is 14.4 Å². The van der Waals surface area contributed by atoms with Gasteiger partial charge in [0, 0.05) is 36.8 Å². The molecule has 1 unspecified atom stereocenters. The Balaban J connectivity index is 1.69. The zero-order valence-electron chi connectivity index (χ0n) is 18.5. The van der Waals surface area contributed by atoms with Crippen LogP contribution in [0.1, 0.15) is 18.9 Å². The van der Waals surface area contributed by atoms with Crippen LogP contribution in [0.25, 0.3) is 0 Å². The molecule has 1 fully saturated rings. The molecular weight excluding hydrogens is 475 g/mol. The van der Waals surface area contributed by atoms with Gasteiger partial charge < -0.3 is 19.9 Å². The standard InChI is InChI=1S/C23H23ClF3N3O4/c1-3-29(22(33)23(25,26)27)12-14-5-4-6-17(9-14)28-21(32)15-10-20(31)30(13-15)18-11-16(24)7-8-19(18)34-2/h4-9,11,15H,3,10,12-13H2,1-2H3,(H,28,32). The summed E-state index contributed by atoms with van der Waals surface area (Å²) >= 11 is 6.05. The third kappa shape index (κ3) is 5.80. The molecule has 0 bridgehead atoms. The number of carbonyl (C=O) groups excluding carboxylic acids is 3. The predicted octanol–water partition coefficient (Wildman–Crippen LogP) is 4.25. The summed E-state index contributed by atoms with van der Waals surface area (Å²) in [6.45, 7) is 1.18. The first kappa shape index (κ1) is 25.4. The summed E-state index contributed by atoms with van der Waals surface area (Å²) in [5.41, 5.74) is 1.24. The summed E-state index contributed by atoms with van der Waals surface area (Å²) in [5.74, 6) is -2.81. The van der Waals surface area contributed by atoms with E-state index in [0.29, 0.717) is 32.6 Å². The lowest BCUT2D eigenvalue weighted by Gasteiger charge is -2.22. The second-order valence-electron chi connectivity index (χ2n) is 7.73. The molecule has 1 heterocycles. The smallest absolute Gasteiger partial charge is 0.471 e. The van der Waals surface area contributed by atoms with Gasteiger partial charge in [0.05, 0.1) is 18.7 Å². The lowest BCUT2D eigenvalue weighted by atomic mass is 10.1. The van der Waals surface area contributed by atoms with E-state index >= 15 is 0 Å². The molecule has 1 atom stereocenters. The molecule has 0 saturated carbocycles. The van der Waals surface area contributed by atoms with Crippen LogP contribution in [0.15, 0.2) is 42.5 Å². The molecular formula is C23H23ClF3N3O4. The van der Waals surface area contributed by atoms with Crippen molar-refractivity contribution in [2.24, 2.45) is 5.92 Å². The molecule has 0 aliphatic carbocycles. The number of ether oxygens (including phenoxy) is 1. The zero-order chi connectivity index (χ0) is 25.0. The molecule has 7 nitrogen and oxygen atoms in total. The Bertz CT molecular complexity index is 1090. The van der Waals surface area contributed by atoms with Crippen LogP contribution in [0.3, 0.4) is 0 Å². The molecule has 0 spiro atoms. The molecule has 2 aromatic rings. The maximum absolute atomic E-state index is 12.8. The molecule has 0 radical (unpaired) electrons. The van der Waals surface area contributed by atoms with E-state index in [0.717, 1.165) is 0 Å². The Morgan fingerprint density at radius 2 is 1.97 bits per heavy atom. The van der Waals surface area contributed by atoms with Crippen LogP contribution in [0, 0.1) is 5.92 Å². The third-order valence-corrected chi connectivity index (χ3v) is 5.64. The normalized spacial score (nSPS) is 15.9. The molecule has 1 aliphatic heterocycles. The van der Waals surface area contributed by atoms with Gasteiger partial charge in [-0.1, -0.05) is 23.7 Å². The summed E-state index contributed by atoms with van der Waals surface area (Å²) in [4.78, 5) is 39.1. The Hall–Kier alpha value is -3.27. The van der Waals surface area contributed by atoms with Gasteiger partial charge in [0.15, 0.2) is 0 Å². The topological polar surface area (TPSA) is 79.0 Å². The fourth-order valence-electron chi connectivity index (χ4n) is 3.71. The maximum atomic E-state index is 12.8. The number of carbonyl (C=O) groups is 3. The van der Waals surface area contributed by atoms with Crippen molar-refractivity contribution in [1.82, 2.24) is 4.90 Å². The number of alkyl halides is 3. The van der Waals surface area contributed by atoms with Crippen molar-refractivity contribution in [2.75, 3.05) is 30.4 Å².